The molecule has 0 N–H and O–H groups in total. The molecule has 4 heteroatoms. The molecule has 0 fully saturated rings. The van der Waals surface area contributed by atoms with E-state index in [1.807, 2.05) is 11.0 Å². The highest BCUT2D eigenvalue weighted by atomic mass is 35.5. The molecule has 0 radical (unpaired) electrons. The smallest absolute Gasteiger partial charge is 0.231 e. The number of halogens is 1. The lowest BCUT2D eigenvalue weighted by Gasteiger charge is -2.30. The van der Waals surface area contributed by atoms with Gasteiger partial charge in [-0.15, -0.1) is 0 Å². The predicted octanol–water partition coefficient (Wildman–Crippen LogP) is 4.38. The summed E-state index contributed by atoms with van der Waals surface area (Å²) in [6.45, 7) is 5.18. The van der Waals surface area contributed by atoms with Crippen LogP contribution < -0.4 is 4.90 Å². The molecule has 0 atom stereocenters. The van der Waals surface area contributed by atoms with Gasteiger partial charge in [-0.2, -0.15) is 0 Å². The number of pyridine rings is 1. The van der Waals surface area contributed by atoms with Crippen molar-refractivity contribution in [3.05, 3.63) is 58.4 Å². The van der Waals surface area contributed by atoms with Crippen molar-refractivity contribution >= 4 is 23.2 Å². The number of nitrogens with zero attached hydrogens (tertiary/aromatic N) is 2. The van der Waals surface area contributed by atoms with Crippen molar-refractivity contribution in [2.24, 2.45) is 0 Å². The highest BCUT2D eigenvalue weighted by Gasteiger charge is 2.23. The van der Waals surface area contributed by atoms with Crippen LogP contribution in [-0.4, -0.2) is 17.4 Å². The van der Waals surface area contributed by atoms with E-state index in [0.717, 1.165) is 30.6 Å². The van der Waals surface area contributed by atoms with Crippen LogP contribution in [0.25, 0.3) is 0 Å². The second kappa shape index (κ2) is 6.71. The second-order valence-electron chi connectivity index (χ2n) is 6.36. The summed E-state index contributed by atoms with van der Waals surface area (Å²) < 4.78 is 0. The van der Waals surface area contributed by atoms with Gasteiger partial charge in [-0.1, -0.05) is 43.6 Å². The van der Waals surface area contributed by atoms with Crippen LogP contribution in [0.3, 0.4) is 0 Å². The van der Waals surface area contributed by atoms with Crippen LogP contribution in [-0.2, 0) is 17.6 Å². The lowest BCUT2D eigenvalue weighted by Crippen LogP contribution is -2.36. The second-order valence-corrected chi connectivity index (χ2v) is 6.74. The SMILES string of the molecule is CC(C)c1ccc2c(c1)CCCN2C(=O)Cc1ccc(Cl)nc1. The van der Waals surface area contributed by atoms with E-state index >= 15 is 0 Å². The van der Waals surface area contributed by atoms with Crippen LogP contribution >= 0.6 is 11.6 Å². The monoisotopic (exact) mass is 328 g/mol. The Bertz CT molecular complexity index is 710. The first-order valence-electron chi connectivity index (χ1n) is 8.08. The average molecular weight is 329 g/mol. The van der Waals surface area contributed by atoms with E-state index in [9.17, 15) is 4.79 Å². The largest absolute Gasteiger partial charge is 0.312 e. The van der Waals surface area contributed by atoms with Gasteiger partial charge in [-0.05, 0) is 47.6 Å². The lowest BCUT2D eigenvalue weighted by molar-refractivity contribution is -0.118. The molecule has 1 amide bonds. The summed E-state index contributed by atoms with van der Waals surface area (Å²) in [6, 6.07) is 10.1. The molecule has 0 aliphatic carbocycles. The summed E-state index contributed by atoms with van der Waals surface area (Å²) in [5.41, 5.74) is 4.57. The molecule has 2 aromatic rings. The van der Waals surface area contributed by atoms with E-state index in [4.69, 9.17) is 11.6 Å². The maximum absolute atomic E-state index is 12.7. The maximum Gasteiger partial charge on any atom is 0.231 e. The number of benzene rings is 1. The number of carbonyl (C=O) groups is 1. The summed E-state index contributed by atoms with van der Waals surface area (Å²) in [6.07, 6.45) is 4.09. The fraction of sp³-hybridized carbons (Fsp3) is 0.368. The molecule has 0 spiro atoms. The van der Waals surface area contributed by atoms with Gasteiger partial charge >= 0.3 is 0 Å². The van der Waals surface area contributed by atoms with Crippen molar-refractivity contribution in [1.82, 2.24) is 4.98 Å². The van der Waals surface area contributed by atoms with Crippen LogP contribution in [0, 0.1) is 0 Å². The van der Waals surface area contributed by atoms with Crippen molar-refractivity contribution in [3.8, 4) is 0 Å². The van der Waals surface area contributed by atoms with Gasteiger partial charge in [0.15, 0.2) is 0 Å². The van der Waals surface area contributed by atoms with Crippen molar-refractivity contribution in [2.45, 2.75) is 39.0 Å². The topological polar surface area (TPSA) is 33.2 Å². The number of carbonyl (C=O) groups excluding carboxylic acids is 1. The molecule has 1 aliphatic rings. The van der Waals surface area contributed by atoms with E-state index < -0.39 is 0 Å². The summed E-state index contributed by atoms with van der Waals surface area (Å²) in [5, 5.41) is 0.450. The molecular weight excluding hydrogens is 308 g/mol. The molecule has 1 aromatic carbocycles. The van der Waals surface area contributed by atoms with Gasteiger partial charge < -0.3 is 4.90 Å². The first-order valence-corrected chi connectivity index (χ1v) is 8.46. The molecule has 1 aliphatic heterocycles. The molecule has 0 unspecified atom stereocenters. The third kappa shape index (κ3) is 3.56. The van der Waals surface area contributed by atoms with Crippen LogP contribution in [0.1, 0.15) is 42.9 Å². The standard InChI is InChI=1S/C19H21ClN2O/c1-13(2)15-6-7-17-16(11-15)4-3-9-22(17)19(23)10-14-5-8-18(20)21-12-14/h5-8,11-13H,3-4,9-10H2,1-2H3. The molecule has 0 bridgehead atoms. The van der Waals surface area contributed by atoms with Crippen molar-refractivity contribution in [3.63, 3.8) is 0 Å². The van der Waals surface area contributed by atoms with E-state index in [1.165, 1.54) is 11.1 Å². The minimum Gasteiger partial charge on any atom is -0.312 e. The Morgan fingerprint density at radius 1 is 1.30 bits per heavy atom. The van der Waals surface area contributed by atoms with Crippen molar-refractivity contribution in [2.75, 3.05) is 11.4 Å². The molecule has 120 valence electrons. The number of amides is 1. The van der Waals surface area contributed by atoms with Gasteiger partial charge in [0.25, 0.3) is 0 Å². The van der Waals surface area contributed by atoms with E-state index in [0.29, 0.717) is 17.5 Å². The minimum absolute atomic E-state index is 0.118. The number of hydrogen-bond acceptors (Lipinski definition) is 2. The zero-order chi connectivity index (χ0) is 16.4. The molecular formula is C19H21ClN2O. The highest BCUT2D eigenvalue weighted by Crippen LogP contribution is 2.30. The zero-order valence-electron chi connectivity index (χ0n) is 13.6. The van der Waals surface area contributed by atoms with Crippen LogP contribution in [0.15, 0.2) is 36.5 Å². The Hall–Kier alpha value is -1.87. The Balaban J connectivity index is 1.81. The third-order valence-corrected chi connectivity index (χ3v) is 4.56. The molecule has 0 saturated carbocycles. The number of rotatable bonds is 3. The highest BCUT2D eigenvalue weighted by molar-refractivity contribution is 6.29. The minimum atomic E-state index is 0.118. The summed E-state index contributed by atoms with van der Waals surface area (Å²) in [4.78, 5) is 18.7. The Morgan fingerprint density at radius 2 is 2.13 bits per heavy atom. The number of aryl methyl sites for hydroxylation is 1. The number of anilines is 1. The fourth-order valence-corrected chi connectivity index (χ4v) is 3.13. The maximum atomic E-state index is 12.7. The van der Waals surface area contributed by atoms with E-state index in [-0.39, 0.29) is 5.91 Å². The predicted molar refractivity (Wildman–Crippen MR) is 94.2 cm³/mol. The van der Waals surface area contributed by atoms with Crippen LogP contribution in [0.2, 0.25) is 5.15 Å². The molecule has 1 aromatic heterocycles. The molecule has 3 nitrogen and oxygen atoms in total. The number of hydrogen-bond donors (Lipinski definition) is 0. The van der Waals surface area contributed by atoms with E-state index in [1.54, 1.807) is 12.3 Å². The van der Waals surface area contributed by atoms with Gasteiger partial charge in [0.05, 0.1) is 6.42 Å². The summed E-state index contributed by atoms with van der Waals surface area (Å²) in [5.74, 6) is 0.624. The molecule has 0 saturated heterocycles. The summed E-state index contributed by atoms with van der Waals surface area (Å²) >= 11 is 5.80. The van der Waals surface area contributed by atoms with Crippen molar-refractivity contribution in [1.29, 1.82) is 0 Å². The lowest BCUT2D eigenvalue weighted by atomic mass is 9.94. The van der Waals surface area contributed by atoms with Gasteiger partial charge in [0.1, 0.15) is 5.15 Å². The van der Waals surface area contributed by atoms with Crippen LogP contribution in [0.5, 0.6) is 0 Å². The quantitative estimate of drug-likeness (QED) is 0.783. The number of fused-ring (bicyclic) bond motifs is 1. The first-order chi connectivity index (χ1) is 11.0. The Morgan fingerprint density at radius 3 is 2.83 bits per heavy atom. The number of aromatic nitrogens is 1. The Labute approximate surface area is 142 Å². The molecule has 2 heterocycles. The average Bonchev–Trinajstić information content (AvgIpc) is 2.55. The fourth-order valence-electron chi connectivity index (χ4n) is 3.02. The molecule has 3 rings (SSSR count). The third-order valence-electron chi connectivity index (χ3n) is 4.33. The summed E-state index contributed by atoms with van der Waals surface area (Å²) in [7, 11) is 0. The van der Waals surface area contributed by atoms with Crippen LogP contribution in [0.4, 0.5) is 5.69 Å². The first kappa shape index (κ1) is 16.0. The van der Waals surface area contributed by atoms with E-state index in [2.05, 4.69) is 37.0 Å². The van der Waals surface area contributed by atoms with Gasteiger partial charge in [0, 0.05) is 18.4 Å². The zero-order valence-corrected chi connectivity index (χ0v) is 14.3. The van der Waals surface area contributed by atoms with Gasteiger partial charge in [0.2, 0.25) is 5.91 Å². The van der Waals surface area contributed by atoms with Crippen molar-refractivity contribution < 1.29 is 4.79 Å². The normalized spacial score (nSPS) is 14.0. The molecule has 23 heavy (non-hydrogen) atoms. The van der Waals surface area contributed by atoms with Gasteiger partial charge in [-0.25, -0.2) is 4.98 Å². The van der Waals surface area contributed by atoms with Gasteiger partial charge in [-0.3, -0.25) is 4.79 Å². The Kier molecular flexibility index (Phi) is 4.67.